The molecule has 0 unspecified atom stereocenters. The molecule has 170 valence electrons. The number of amides is 3. The molecule has 4 rings (SSSR count). The minimum Gasteiger partial charge on any atom is -0.299 e. The molecular formula is C21H19N5O5S2. The quantitative estimate of drug-likeness (QED) is 0.462. The Morgan fingerprint density at radius 3 is 2.27 bits per heavy atom. The topological polar surface area (TPSA) is 138 Å². The minimum atomic E-state index is -3.64. The third-order valence-corrected chi connectivity index (χ3v) is 7.23. The number of imide groups is 1. The lowest BCUT2D eigenvalue weighted by Crippen LogP contribution is -2.37. The van der Waals surface area contributed by atoms with Gasteiger partial charge in [0, 0.05) is 13.0 Å². The van der Waals surface area contributed by atoms with Crippen LogP contribution in [0.4, 0.5) is 5.13 Å². The predicted octanol–water partition coefficient (Wildman–Crippen LogP) is 1.60. The van der Waals surface area contributed by atoms with Gasteiger partial charge in [0.05, 0.1) is 16.0 Å². The summed E-state index contributed by atoms with van der Waals surface area (Å²) in [4.78, 5) is 38.1. The Hall–Kier alpha value is -3.48. The molecule has 0 saturated carbocycles. The van der Waals surface area contributed by atoms with Gasteiger partial charge in [-0.05, 0) is 31.2 Å². The van der Waals surface area contributed by atoms with E-state index in [1.165, 1.54) is 24.3 Å². The second-order valence-corrected chi connectivity index (χ2v) is 10.1. The molecule has 33 heavy (non-hydrogen) atoms. The number of carbonyl (C=O) groups excluding carboxylic acids is 3. The van der Waals surface area contributed by atoms with Gasteiger partial charge >= 0.3 is 0 Å². The SMILES string of the molecule is Cc1ccc(S(=O)(=O)NCCc2nnc(NC(=O)CN3C(=O)c4ccccc4C3=O)s2)cc1. The molecule has 1 aliphatic rings. The molecule has 2 N–H and O–H groups in total. The van der Waals surface area contributed by atoms with Crippen molar-refractivity contribution in [1.82, 2.24) is 19.8 Å². The number of hydrogen-bond donors (Lipinski definition) is 2. The molecule has 0 saturated heterocycles. The fourth-order valence-corrected chi connectivity index (χ4v) is 4.97. The van der Waals surface area contributed by atoms with Gasteiger partial charge in [-0.3, -0.25) is 24.6 Å². The Morgan fingerprint density at radius 1 is 1.00 bits per heavy atom. The van der Waals surface area contributed by atoms with Crippen LogP contribution in [0.1, 0.15) is 31.3 Å². The number of hydrogen-bond acceptors (Lipinski definition) is 8. The van der Waals surface area contributed by atoms with Crippen LogP contribution in [-0.2, 0) is 21.2 Å². The molecule has 3 aromatic rings. The van der Waals surface area contributed by atoms with Crippen LogP contribution in [0.15, 0.2) is 53.4 Å². The van der Waals surface area contributed by atoms with E-state index in [2.05, 4.69) is 20.2 Å². The van der Waals surface area contributed by atoms with E-state index >= 15 is 0 Å². The summed E-state index contributed by atoms with van der Waals surface area (Å²) in [5.74, 6) is -1.64. The van der Waals surface area contributed by atoms with Gasteiger partial charge < -0.3 is 0 Å². The number of benzene rings is 2. The van der Waals surface area contributed by atoms with Crippen molar-refractivity contribution in [2.24, 2.45) is 0 Å². The maximum Gasteiger partial charge on any atom is 0.262 e. The van der Waals surface area contributed by atoms with Gasteiger partial charge in [0.15, 0.2) is 0 Å². The van der Waals surface area contributed by atoms with Crippen molar-refractivity contribution in [1.29, 1.82) is 0 Å². The summed E-state index contributed by atoms with van der Waals surface area (Å²) in [5.41, 5.74) is 1.49. The normalized spacial score (nSPS) is 13.3. The first-order valence-electron chi connectivity index (χ1n) is 9.88. The fraction of sp³-hybridized carbons (Fsp3) is 0.190. The van der Waals surface area contributed by atoms with Crippen LogP contribution < -0.4 is 10.0 Å². The van der Waals surface area contributed by atoms with Crippen LogP contribution in [0.3, 0.4) is 0 Å². The van der Waals surface area contributed by atoms with Gasteiger partial charge in [-0.2, -0.15) is 0 Å². The summed E-state index contributed by atoms with van der Waals surface area (Å²) in [5, 5.41) is 11.0. The van der Waals surface area contributed by atoms with Crippen molar-refractivity contribution in [3.63, 3.8) is 0 Å². The Bertz CT molecular complexity index is 1300. The average molecular weight is 486 g/mol. The highest BCUT2D eigenvalue weighted by molar-refractivity contribution is 7.89. The number of nitrogens with zero attached hydrogens (tertiary/aromatic N) is 3. The highest BCUT2D eigenvalue weighted by Crippen LogP contribution is 2.22. The first kappa shape index (κ1) is 22.7. The number of rotatable bonds is 8. The van der Waals surface area contributed by atoms with Crippen molar-refractivity contribution >= 4 is 44.2 Å². The Balaban J connectivity index is 1.29. The number of fused-ring (bicyclic) bond motifs is 1. The standard InChI is InChI=1S/C21H19N5O5S2/c1-13-6-8-14(9-7-13)33(30,31)22-11-10-18-24-25-21(32-18)23-17(27)12-26-19(28)15-4-2-3-5-16(15)20(26)29/h2-9,22H,10-12H2,1H3,(H,23,25,27). The number of carbonyl (C=O) groups is 3. The van der Waals surface area contributed by atoms with E-state index in [4.69, 9.17) is 0 Å². The van der Waals surface area contributed by atoms with Crippen molar-refractivity contribution in [3.05, 3.63) is 70.2 Å². The second kappa shape index (κ2) is 9.17. The fourth-order valence-electron chi connectivity index (χ4n) is 3.18. The van der Waals surface area contributed by atoms with Gasteiger partial charge in [0.1, 0.15) is 11.6 Å². The van der Waals surface area contributed by atoms with Crippen molar-refractivity contribution in [2.45, 2.75) is 18.2 Å². The van der Waals surface area contributed by atoms with E-state index in [1.54, 1.807) is 24.3 Å². The van der Waals surface area contributed by atoms with Gasteiger partial charge in [0.2, 0.25) is 21.1 Å². The smallest absolute Gasteiger partial charge is 0.262 e. The Morgan fingerprint density at radius 2 is 1.64 bits per heavy atom. The Kier molecular flexibility index (Phi) is 6.31. The highest BCUT2D eigenvalue weighted by atomic mass is 32.2. The van der Waals surface area contributed by atoms with Crippen LogP contribution in [0, 0.1) is 6.92 Å². The summed E-state index contributed by atoms with van der Waals surface area (Å²) >= 11 is 1.08. The minimum absolute atomic E-state index is 0.105. The summed E-state index contributed by atoms with van der Waals surface area (Å²) < 4.78 is 27.1. The van der Waals surface area contributed by atoms with E-state index in [1.807, 2.05) is 6.92 Å². The molecule has 1 aromatic heterocycles. The summed E-state index contributed by atoms with van der Waals surface area (Å²) in [6.45, 7) is 1.53. The molecule has 1 aliphatic heterocycles. The van der Waals surface area contributed by atoms with Crippen molar-refractivity contribution in [2.75, 3.05) is 18.4 Å². The summed E-state index contributed by atoms with van der Waals surface area (Å²) in [6.07, 6.45) is 0.275. The average Bonchev–Trinajstić information content (AvgIpc) is 3.32. The van der Waals surface area contributed by atoms with Gasteiger partial charge in [-0.1, -0.05) is 41.2 Å². The monoisotopic (exact) mass is 485 g/mol. The van der Waals surface area contributed by atoms with E-state index in [0.29, 0.717) is 5.01 Å². The third-order valence-electron chi connectivity index (χ3n) is 4.86. The molecule has 12 heteroatoms. The zero-order valence-corrected chi connectivity index (χ0v) is 19.1. The molecular weight excluding hydrogens is 466 g/mol. The largest absolute Gasteiger partial charge is 0.299 e. The van der Waals surface area contributed by atoms with E-state index in [-0.39, 0.29) is 34.1 Å². The molecule has 0 spiro atoms. The molecule has 0 radical (unpaired) electrons. The number of anilines is 1. The highest BCUT2D eigenvalue weighted by Gasteiger charge is 2.36. The predicted molar refractivity (Wildman–Crippen MR) is 120 cm³/mol. The first-order valence-corrected chi connectivity index (χ1v) is 12.2. The number of aryl methyl sites for hydroxylation is 1. The maximum absolute atomic E-state index is 12.4. The number of nitrogens with one attached hydrogen (secondary N) is 2. The van der Waals surface area contributed by atoms with E-state index < -0.39 is 34.3 Å². The first-order chi connectivity index (χ1) is 15.7. The van der Waals surface area contributed by atoms with Crippen LogP contribution in [0.2, 0.25) is 0 Å². The van der Waals surface area contributed by atoms with Crippen LogP contribution in [-0.4, -0.2) is 54.3 Å². The van der Waals surface area contributed by atoms with E-state index in [0.717, 1.165) is 21.8 Å². The zero-order valence-electron chi connectivity index (χ0n) is 17.4. The molecule has 2 heterocycles. The van der Waals surface area contributed by atoms with Gasteiger partial charge in [-0.25, -0.2) is 13.1 Å². The van der Waals surface area contributed by atoms with Crippen LogP contribution >= 0.6 is 11.3 Å². The Labute approximate surface area is 193 Å². The van der Waals surface area contributed by atoms with Crippen molar-refractivity contribution < 1.29 is 22.8 Å². The van der Waals surface area contributed by atoms with Crippen LogP contribution in [0.5, 0.6) is 0 Å². The lowest BCUT2D eigenvalue weighted by Gasteiger charge is -2.12. The molecule has 2 aromatic carbocycles. The number of sulfonamides is 1. The number of aromatic nitrogens is 2. The third kappa shape index (κ3) is 4.97. The maximum atomic E-state index is 12.4. The molecule has 0 fully saturated rings. The molecule has 0 bridgehead atoms. The summed E-state index contributed by atoms with van der Waals surface area (Å²) in [6, 6.07) is 12.9. The van der Waals surface area contributed by atoms with Gasteiger partial charge in [-0.15, -0.1) is 10.2 Å². The molecule has 0 atom stereocenters. The van der Waals surface area contributed by atoms with Gasteiger partial charge in [0.25, 0.3) is 11.8 Å². The lowest BCUT2D eigenvalue weighted by molar-refractivity contribution is -0.116. The molecule has 10 nitrogen and oxygen atoms in total. The molecule has 3 amide bonds. The van der Waals surface area contributed by atoms with Crippen LogP contribution in [0.25, 0.3) is 0 Å². The lowest BCUT2D eigenvalue weighted by atomic mass is 10.1. The zero-order chi connectivity index (χ0) is 23.6. The molecule has 0 aliphatic carbocycles. The second-order valence-electron chi connectivity index (χ2n) is 7.25. The summed E-state index contributed by atoms with van der Waals surface area (Å²) in [7, 11) is -3.64. The van der Waals surface area contributed by atoms with E-state index in [9.17, 15) is 22.8 Å². The van der Waals surface area contributed by atoms with Crippen molar-refractivity contribution in [3.8, 4) is 0 Å².